The van der Waals surface area contributed by atoms with Crippen molar-refractivity contribution in [1.29, 1.82) is 0 Å². The van der Waals surface area contributed by atoms with Crippen molar-refractivity contribution in [3.63, 3.8) is 0 Å². The van der Waals surface area contributed by atoms with Crippen LogP contribution in [0.5, 0.6) is 0 Å². The van der Waals surface area contributed by atoms with Crippen LogP contribution in [-0.2, 0) is 6.42 Å². The van der Waals surface area contributed by atoms with Crippen molar-refractivity contribution in [2.75, 3.05) is 6.54 Å². The van der Waals surface area contributed by atoms with Crippen LogP contribution >= 0.6 is 0 Å². The number of benzene rings is 2. The number of amides is 1. The minimum absolute atomic E-state index is 0.448. The number of rotatable bonds is 3. The molecule has 0 aliphatic rings. The van der Waals surface area contributed by atoms with E-state index < -0.39 is 6.09 Å². The molecule has 82 valence electrons. The van der Waals surface area contributed by atoms with Gasteiger partial charge in [0.1, 0.15) is 0 Å². The van der Waals surface area contributed by atoms with Gasteiger partial charge >= 0.3 is 6.09 Å². The Morgan fingerprint density at radius 1 is 1.12 bits per heavy atom. The number of hydrogen-bond acceptors (Lipinski definition) is 1. The van der Waals surface area contributed by atoms with Crippen molar-refractivity contribution in [3.8, 4) is 0 Å². The van der Waals surface area contributed by atoms with Crippen molar-refractivity contribution in [2.45, 2.75) is 6.42 Å². The van der Waals surface area contributed by atoms with E-state index in [1.807, 2.05) is 24.3 Å². The molecule has 0 radical (unpaired) electrons. The van der Waals surface area contributed by atoms with Crippen molar-refractivity contribution in [1.82, 2.24) is 5.32 Å². The van der Waals surface area contributed by atoms with Gasteiger partial charge < -0.3 is 10.4 Å². The fraction of sp³-hybridized carbons (Fsp3) is 0.154. The first kappa shape index (κ1) is 10.5. The fourth-order valence-corrected chi connectivity index (χ4v) is 1.81. The second-order valence-corrected chi connectivity index (χ2v) is 3.62. The predicted octanol–water partition coefficient (Wildman–Crippen LogP) is 2.65. The van der Waals surface area contributed by atoms with Crippen LogP contribution in [0.3, 0.4) is 0 Å². The minimum Gasteiger partial charge on any atom is -0.465 e. The first-order valence-corrected chi connectivity index (χ1v) is 5.21. The summed E-state index contributed by atoms with van der Waals surface area (Å²) in [7, 11) is 0. The normalized spacial score (nSPS) is 10.2. The van der Waals surface area contributed by atoms with E-state index in [1.165, 1.54) is 16.3 Å². The topological polar surface area (TPSA) is 49.3 Å². The zero-order valence-electron chi connectivity index (χ0n) is 8.81. The van der Waals surface area contributed by atoms with Crippen LogP contribution in [0.4, 0.5) is 4.79 Å². The third kappa shape index (κ3) is 2.31. The molecule has 3 heteroatoms. The Kier molecular flexibility index (Phi) is 3.05. The third-order valence-electron chi connectivity index (χ3n) is 2.55. The maximum atomic E-state index is 10.3. The summed E-state index contributed by atoms with van der Waals surface area (Å²) in [5.41, 5.74) is 1.17. The quantitative estimate of drug-likeness (QED) is 0.826. The van der Waals surface area contributed by atoms with E-state index in [1.54, 1.807) is 0 Å². The summed E-state index contributed by atoms with van der Waals surface area (Å²) < 4.78 is 0. The molecule has 3 nitrogen and oxygen atoms in total. The highest BCUT2D eigenvalue weighted by molar-refractivity contribution is 5.85. The summed E-state index contributed by atoms with van der Waals surface area (Å²) in [6.45, 7) is 0.448. The number of hydrogen-bond donors (Lipinski definition) is 2. The monoisotopic (exact) mass is 215 g/mol. The maximum Gasteiger partial charge on any atom is 0.404 e. The van der Waals surface area contributed by atoms with Crippen molar-refractivity contribution in [2.24, 2.45) is 0 Å². The molecule has 0 heterocycles. The largest absolute Gasteiger partial charge is 0.465 e. The van der Waals surface area contributed by atoms with Crippen molar-refractivity contribution >= 4 is 16.9 Å². The fourth-order valence-electron chi connectivity index (χ4n) is 1.81. The average molecular weight is 215 g/mol. The molecule has 0 saturated carbocycles. The summed E-state index contributed by atoms with van der Waals surface area (Å²) in [6, 6.07) is 14.2. The first-order valence-electron chi connectivity index (χ1n) is 5.21. The van der Waals surface area contributed by atoms with E-state index in [4.69, 9.17) is 5.11 Å². The summed E-state index contributed by atoms with van der Waals surface area (Å²) in [6.07, 6.45) is -0.256. The molecule has 2 aromatic carbocycles. The smallest absolute Gasteiger partial charge is 0.404 e. The molecule has 0 atom stereocenters. The van der Waals surface area contributed by atoms with Crippen molar-refractivity contribution in [3.05, 3.63) is 48.0 Å². The average Bonchev–Trinajstić information content (AvgIpc) is 2.29. The Balaban J connectivity index is 2.20. The van der Waals surface area contributed by atoms with Gasteiger partial charge in [-0.2, -0.15) is 0 Å². The lowest BCUT2D eigenvalue weighted by molar-refractivity contribution is 0.194. The van der Waals surface area contributed by atoms with Crippen LogP contribution in [0.1, 0.15) is 5.56 Å². The van der Waals surface area contributed by atoms with Gasteiger partial charge in [-0.25, -0.2) is 4.79 Å². The summed E-state index contributed by atoms with van der Waals surface area (Å²) in [5.74, 6) is 0. The Hall–Kier alpha value is -2.03. The van der Waals surface area contributed by atoms with E-state index in [-0.39, 0.29) is 0 Å². The van der Waals surface area contributed by atoms with Crippen LogP contribution in [0, 0.1) is 0 Å². The zero-order valence-corrected chi connectivity index (χ0v) is 8.81. The molecule has 16 heavy (non-hydrogen) atoms. The predicted molar refractivity (Wildman–Crippen MR) is 63.7 cm³/mol. The number of carbonyl (C=O) groups is 1. The number of nitrogens with one attached hydrogen (secondary N) is 1. The van der Waals surface area contributed by atoms with E-state index in [9.17, 15) is 4.79 Å². The highest BCUT2D eigenvalue weighted by atomic mass is 16.4. The van der Waals surface area contributed by atoms with Gasteiger partial charge in [0.2, 0.25) is 0 Å². The summed E-state index contributed by atoms with van der Waals surface area (Å²) in [5, 5.41) is 13.3. The summed E-state index contributed by atoms with van der Waals surface area (Å²) in [4.78, 5) is 10.3. The molecule has 0 bridgehead atoms. The van der Waals surface area contributed by atoms with Gasteiger partial charge in [-0.05, 0) is 22.8 Å². The molecule has 2 rings (SSSR count). The van der Waals surface area contributed by atoms with Gasteiger partial charge in [0.05, 0.1) is 0 Å². The lowest BCUT2D eigenvalue weighted by Gasteiger charge is -2.06. The van der Waals surface area contributed by atoms with Gasteiger partial charge in [-0.3, -0.25) is 0 Å². The molecular formula is C13H13NO2. The van der Waals surface area contributed by atoms with E-state index in [0.29, 0.717) is 13.0 Å². The molecule has 1 amide bonds. The van der Waals surface area contributed by atoms with E-state index in [0.717, 1.165) is 0 Å². The standard InChI is InChI=1S/C13H13NO2/c15-13(16)14-9-8-11-6-3-5-10-4-1-2-7-12(10)11/h1-7,14H,8-9H2,(H,15,16). The number of fused-ring (bicyclic) bond motifs is 1. The van der Waals surface area contributed by atoms with E-state index in [2.05, 4.69) is 23.5 Å². The Morgan fingerprint density at radius 2 is 1.88 bits per heavy atom. The second kappa shape index (κ2) is 4.66. The molecule has 0 aromatic heterocycles. The van der Waals surface area contributed by atoms with Gasteiger partial charge in [0, 0.05) is 6.54 Å². The van der Waals surface area contributed by atoms with Gasteiger partial charge in [0.25, 0.3) is 0 Å². The van der Waals surface area contributed by atoms with Gasteiger partial charge in [-0.1, -0.05) is 42.5 Å². The Labute approximate surface area is 93.7 Å². The van der Waals surface area contributed by atoms with Crippen LogP contribution in [-0.4, -0.2) is 17.7 Å². The molecule has 0 unspecified atom stereocenters. The minimum atomic E-state index is -0.972. The molecule has 0 saturated heterocycles. The summed E-state index contributed by atoms with van der Waals surface area (Å²) >= 11 is 0. The Morgan fingerprint density at radius 3 is 2.69 bits per heavy atom. The van der Waals surface area contributed by atoms with Crippen molar-refractivity contribution < 1.29 is 9.90 Å². The highest BCUT2D eigenvalue weighted by Crippen LogP contribution is 2.18. The zero-order chi connectivity index (χ0) is 11.4. The molecule has 2 N–H and O–H groups in total. The Bertz CT molecular complexity index is 503. The first-order chi connectivity index (χ1) is 7.77. The molecule has 0 aliphatic heterocycles. The van der Waals surface area contributed by atoms with Gasteiger partial charge in [0.15, 0.2) is 0 Å². The maximum absolute atomic E-state index is 10.3. The van der Waals surface area contributed by atoms with E-state index >= 15 is 0 Å². The van der Waals surface area contributed by atoms with Crippen LogP contribution in [0.25, 0.3) is 10.8 Å². The van der Waals surface area contributed by atoms with Crippen LogP contribution < -0.4 is 5.32 Å². The van der Waals surface area contributed by atoms with Crippen LogP contribution in [0.15, 0.2) is 42.5 Å². The molecular weight excluding hydrogens is 202 g/mol. The lowest BCUT2D eigenvalue weighted by atomic mass is 10.0. The highest BCUT2D eigenvalue weighted by Gasteiger charge is 2.00. The molecule has 0 aliphatic carbocycles. The molecule has 0 fully saturated rings. The molecule has 0 spiro atoms. The lowest BCUT2D eigenvalue weighted by Crippen LogP contribution is -2.23. The second-order valence-electron chi connectivity index (χ2n) is 3.62. The number of carboxylic acid groups (broad SMARTS) is 1. The SMILES string of the molecule is O=C(O)NCCc1cccc2ccccc12. The third-order valence-corrected chi connectivity index (χ3v) is 2.55. The van der Waals surface area contributed by atoms with Crippen LogP contribution in [0.2, 0.25) is 0 Å². The molecule has 2 aromatic rings. The van der Waals surface area contributed by atoms with Gasteiger partial charge in [-0.15, -0.1) is 0 Å².